The van der Waals surface area contributed by atoms with Gasteiger partial charge in [-0.05, 0) is 59.2 Å². The molecule has 3 rings (SSSR count). The Morgan fingerprint density at radius 1 is 0.613 bits per heavy atom. The maximum atomic E-state index is 12.6. The third kappa shape index (κ3) is 7.23. The average molecular weight is 427 g/mol. The van der Waals surface area contributed by atoms with E-state index in [-0.39, 0.29) is 13.1 Å². The van der Waals surface area contributed by atoms with Crippen molar-refractivity contribution in [3.63, 3.8) is 0 Å². The van der Waals surface area contributed by atoms with Gasteiger partial charge in [0.15, 0.2) is 0 Å². The molecule has 0 atom stereocenters. The van der Waals surface area contributed by atoms with E-state index in [1.807, 2.05) is 24.3 Å². The molecule has 0 saturated carbocycles. The molecule has 31 heavy (non-hydrogen) atoms. The molecular weight excluding hydrogens is 399 g/mol. The van der Waals surface area contributed by atoms with E-state index in [0.717, 1.165) is 48.4 Å². The van der Waals surface area contributed by atoms with Gasteiger partial charge in [-0.2, -0.15) is 13.2 Å². The summed E-state index contributed by atoms with van der Waals surface area (Å²) in [5.74, 6) is 0. The van der Waals surface area contributed by atoms with Gasteiger partial charge in [0, 0.05) is 13.1 Å². The van der Waals surface area contributed by atoms with Crippen molar-refractivity contribution in [1.82, 2.24) is 5.06 Å². The van der Waals surface area contributed by atoms with E-state index in [2.05, 4.69) is 31.2 Å². The number of hydrogen-bond donors (Lipinski definition) is 0. The zero-order valence-electron chi connectivity index (χ0n) is 17.7. The quantitative estimate of drug-likeness (QED) is 0.346. The molecule has 0 aliphatic heterocycles. The lowest BCUT2D eigenvalue weighted by molar-refractivity contribution is -0.137. The molecule has 0 unspecified atom stereocenters. The Bertz CT molecular complexity index is 932. The number of hydroxylamine groups is 2. The molecule has 3 aromatic carbocycles. The lowest BCUT2D eigenvalue weighted by Crippen LogP contribution is -2.15. The number of alkyl halides is 3. The minimum Gasteiger partial charge on any atom is -0.785 e. The van der Waals surface area contributed by atoms with Crippen LogP contribution in [0.3, 0.4) is 0 Å². The van der Waals surface area contributed by atoms with Gasteiger partial charge in [0.25, 0.3) is 0 Å². The largest absolute Gasteiger partial charge is 0.785 e. The summed E-state index contributed by atoms with van der Waals surface area (Å²) in [6, 6.07) is 21.4. The van der Waals surface area contributed by atoms with Crippen LogP contribution in [0.5, 0.6) is 0 Å². The van der Waals surface area contributed by atoms with E-state index in [1.165, 1.54) is 28.8 Å². The van der Waals surface area contributed by atoms with Crippen molar-refractivity contribution in [3.05, 3.63) is 111 Å². The molecule has 0 aromatic heterocycles. The third-order valence-electron chi connectivity index (χ3n) is 5.29. The Labute approximate surface area is 181 Å². The fourth-order valence-electron chi connectivity index (χ4n) is 3.52. The second-order valence-corrected chi connectivity index (χ2v) is 7.88. The molecule has 0 aliphatic rings. The highest BCUT2D eigenvalue weighted by Crippen LogP contribution is 2.29. The fraction of sp³-hybridized carbons (Fsp3) is 0.308. The Morgan fingerprint density at radius 3 is 1.35 bits per heavy atom. The summed E-state index contributed by atoms with van der Waals surface area (Å²) in [7, 11) is 0. The van der Waals surface area contributed by atoms with Gasteiger partial charge in [-0.3, -0.25) is 0 Å². The van der Waals surface area contributed by atoms with E-state index in [9.17, 15) is 18.4 Å². The van der Waals surface area contributed by atoms with Crippen molar-refractivity contribution in [2.45, 2.75) is 51.9 Å². The van der Waals surface area contributed by atoms with E-state index in [1.54, 1.807) is 0 Å². The van der Waals surface area contributed by atoms with Crippen LogP contribution in [0.2, 0.25) is 0 Å². The standard InChI is InChI=1S/C26H27F3NO/c1-2-3-20-4-6-21(7-5-20)8-9-22-10-12-23(13-11-22)18-30(31)19-24-14-16-25(17-15-24)26(27,28)29/h4-7,10-17H,2-3,8-9,18-19H2,1H3/q-1. The van der Waals surface area contributed by atoms with Crippen molar-refractivity contribution >= 4 is 0 Å². The Morgan fingerprint density at radius 2 is 0.968 bits per heavy atom. The van der Waals surface area contributed by atoms with E-state index in [4.69, 9.17) is 0 Å². The lowest BCUT2D eigenvalue weighted by atomic mass is 10.0. The van der Waals surface area contributed by atoms with Crippen LogP contribution in [-0.2, 0) is 38.5 Å². The second-order valence-electron chi connectivity index (χ2n) is 7.88. The first kappa shape index (κ1) is 23.0. The Kier molecular flexibility index (Phi) is 7.88. The summed E-state index contributed by atoms with van der Waals surface area (Å²) in [6.07, 6.45) is -0.211. The molecule has 164 valence electrons. The SMILES string of the molecule is CCCc1ccc(CCc2ccc(CN([O-])Cc3ccc(C(F)(F)F)cc3)cc2)cc1. The predicted molar refractivity (Wildman–Crippen MR) is 118 cm³/mol. The van der Waals surface area contributed by atoms with Gasteiger partial charge < -0.3 is 10.3 Å². The lowest BCUT2D eigenvalue weighted by Gasteiger charge is -2.28. The normalized spacial score (nSPS) is 11.8. The highest BCUT2D eigenvalue weighted by molar-refractivity contribution is 5.27. The number of benzene rings is 3. The second kappa shape index (κ2) is 10.6. The van der Waals surface area contributed by atoms with Gasteiger partial charge in [-0.1, -0.05) is 74.0 Å². The number of hydrogen-bond acceptors (Lipinski definition) is 2. The molecule has 0 heterocycles. The molecule has 2 nitrogen and oxygen atoms in total. The van der Waals surface area contributed by atoms with Crippen molar-refractivity contribution in [1.29, 1.82) is 0 Å². The summed E-state index contributed by atoms with van der Waals surface area (Å²) in [5, 5.41) is 13.1. The molecule has 0 N–H and O–H groups in total. The van der Waals surface area contributed by atoms with E-state index in [0.29, 0.717) is 5.56 Å². The summed E-state index contributed by atoms with van der Waals surface area (Å²) in [4.78, 5) is 0. The number of rotatable bonds is 9. The molecule has 0 radical (unpaired) electrons. The Balaban J connectivity index is 1.48. The molecule has 0 spiro atoms. The van der Waals surface area contributed by atoms with Crippen LogP contribution in [0.1, 0.15) is 46.7 Å². The molecule has 0 aliphatic carbocycles. The van der Waals surface area contributed by atoms with Crippen molar-refractivity contribution < 1.29 is 13.2 Å². The van der Waals surface area contributed by atoms with Gasteiger partial charge in [-0.15, -0.1) is 0 Å². The highest BCUT2D eigenvalue weighted by atomic mass is 19.4. The third-order valence-corrected chi connectivity index (χ3v) is 5.29. The summed E-state index contributed by atoms with van der Waals surface area (Å²) >= 11 is 0. The van der Waals surface area contributed by atoms with Crippen molar-refractivity contribution in [3.8, 4) is 0 Å². The monoisotopic (exact) mass is 426 g/mol. The molecule has 0 bridgehead atoms. The first-order valence-electron chi connectivity index (χ1n) is 10.6. The van der Waals surface area contributed by atoms with Gasteiger partial charge in [0.2, 0.25) is 0 Å². The van der Waals surface area contributed by atoms with Crippen LogP contribution in [0.25, 0.3) is 0 Å². The van der Waals surface area contributed by atoms with Crippen molar-refractivity contribution in [2.24, 2.45) is 0 Å². The molecule has 5 heteroatoms. The van der Waals surface area contributed by atoms with Crippen LogP contribution in [-0.4, -0.2) is 5.06 Å². The molecule has 0 amide bonds. The maximum Gasteiger partial charge on any atom is 0.416 e. The van der Waals surface area contributed by atoms with Gasteiger partial charge in [0.1, 0.15) is 0 Å². The minimum absolute atomic E-state index is 0.0495. The van der Waals surface area contributed by atoms with Crippen LogP contribution in [0.4, 0.5) is 13.2 Å². The Hall–Kier alpha value is -2.63. The zero-order valence-corrected chi connectivity index (χ0v) is 17.7. The van der Waals surface area contributed by atoms with Crippen LogP contribution in [0, 0.1) is 5.21 Å². The smallest absolute Gasteiger partial charge is 0.416 e. The molecular formula is C26H27F3NO-. The molecule has 3 aromatic rings. The minimum atomic E-state index is -4.37. The number of nitrogens with zero attached hydrogens (tertiary/aromatic N) is 1. The number of aryl methyl sites for hydroxylation is 3. The van der Waals surface area contributed by atoms with Crippen LogP contribution in [0.15, 0.2) is 72.8 Å². The maximum absolute atomic E-state index is 12.6. The van der Waals surface area contributed by atoms with Gasteiger partial charge in [-0.25, -0.2) is 0 Å². The number of halogens is 3. The first-order chi connectivity index (χ1) is 14.8. The zero-order chi connectivity index (χ0) is 22.3. The average Bonchev–Trinajstić information content (AvgIpc) is 2.74. The van der Waals surface area contributed by atoms with E-state index < -0.39 is 11.7 Å². The molecule has 0 saturated heterocycles. The van der Waals surface area contributed by atoms with Gasteiger partial charge in [0.05, 0.1) is 5.56 Å². The fourth-order valence-corrected chi connectivity index (χ4v) is 3.52. The summed E-state index contributed by atoms with van der Waals surface area (Å²) < 4.78 is 37.9. The van der Waals surface area contributed by atoms with Gasteiger partial charge >= 0.3 is 6.18 Å². The summed E-state index contributed by atoms with van der Waals surface area (Å²) in [5.41, 5.74) is 4.63. The van der Waals surface area contributed by atoms with Crippen LogP contribution >= 0.6 is 0 Å². The highest BCUT2D eigenvalue weighted by Gasteiger charge is 2.29. The van der Waals surface area contributed by atoms with E-state index >= 15 is 0 Å². The van der Waals surface area contributed by atoms with Crippen molar-refractivity contribution in [2.75, 3.05) is 0 Å². The molecule has 0 fully saturated rings. The predicted octanol–water partition coefficient (Wildman–Crippen LogP) is 6.94. The van der Waals surface area contributed by atoms with Crippen LogP contribution < -0.4 is 0 Å². The summed E-state index contributed by atoms with van der Waals surface area (Å²) in [6.45, 7) is 2.42. The topological polar surface area (TPSA) is 26.3 Å². The first-order valence-corrected chi connectivity index (χ1v) is 10.6.